The van der Waals surface area contributed by atoms with Gasteiger partial charge in [-0.2, -0.15) is 0 Å². The summed E-state index contributed by atoms with van der Waals surface area (Å²) in [6.07, 6.45) is 17.2. The highest BCUT2D eigenvalue weighted by Crippen LogP contribution is 2.43. The highest BCUT2D eigenvalue weighted by Gasteiger charge is 2.39. The lowest BCUT2D eigenvalue weighted by molar-refractivity contribution is -0.160. The number of phosphoric acid groups is 1. The van der Waals surface area contributed by atoms with Crippen LogP contribution in [0.1, 0.15) is 136 Å². The zero-order valence-electron chi connectivity index (χ0n) is 32.5. The molecule has 0 aliphatic heterocycles. The Labute approximate surface area is 317 Å². The topological polar surface area (TPSA) is 210 Å². The van der Waals surface area contributed by atoms with Crippen LogP contribution in [0, 0.1) is 17.8 Å². The molecule has 1 saturated carbocycles. The lowest BCUT2D eigenvalue weighted by Gasteiger charge is -2.20. The van der Waals surface area contributed by atoms with Crippen LogP contribution in [0.3, 0.4) is 0 Å². The maximum Gasteiger partial charge on any atom is 0.472 e. The summed E-state index contributed by atoms with van der Waals surface area (Å²) in [5, 5.41) is 49.6. The van der Waals surface area contributed by atoms with E-state index in [-0.39, 0.29) is 31.1 Å². The number of rotatable bonds is 32. The predicted molar refractivity (Wildman–Crippen MR) is 203 cm³/mol. The van der Waals surface area contributed by atoms with Gasteiger partial charge in [-0.15, -0.1) is 0 Å². The van der Waals surface area contributed by atoms with Crippen molar-refractivity contribution in [2.75, 3.05) is 26.4 Å². The quantitative estimate of drug-likeness (QED) is 0.0199. The summed E-state index contributed by atoms with van der Waals surface area (Å²) < 4.78 is 32.5. The number of carbonyl (C=O) groups excluding carboxylic acids is 2. The second kappa shape index (κ2) is 29.6. The smallest absolute Gasteiger partial charge is 0.461 e. The number of hydrogen-bond acceptors (Lipinski definition) is 12. The molecule has 0 spiro atoms. The van der Waals surface area contributed by atoms with Crippen LogP contribution in [0.2, 0.25) is 0 Å². The number of allylic oxidation sites excluding steroid dienone is 1. The minimum Gasteiger partial charge on any atom is -0.461 e. The van der Waals surface area contributed by atoms with Crippen molar-refractivity contribution < 1.29 is 63.1 Å². The standard InChI is InChI=1S/C39H71O13P/c1-4-6-13-19-31(41)23-24-35-34(36(43)25-37(35)44)20-16-17-21-38(45)49-28-33(29-51-53(47,48)50-27-32(42)26-40)52-39(46)22-15-12-10-8-7-9-11-14-18-30(3)5-2/h16-17,23-24,30-37,40-44H,4-15,18-22,25-29H2,1-3H3,(H,47,48)/b17-16-,24-23+/t30?,31-,32+,33-,34+,35-,36+,37-/m1/s1. The van der Waals surface area contributed by atoms with Crippen LogP contribution >= 0.6 is 7.82 Å². The number of ether oxygens (including phenoxy) is 2. The zero-order valence-corrected chi connectivity index (χ0v) is 33.4. The molecule has 0 bridgehead atoms. The minimum absolute atomic E-state index is 0.119. The van der Waals surface area contributed by atoms with Crippen LogP contribution in [0.25, 0.3) is 0 Å². The Balaban J connectivity index is 2.59. The van der Waals surface area contributed by atoms with Crippen molar-refractivity contribution in [2.24, 2.45) is 17.8 Å². The van der Waals surface area contributed by atoms with Crippen molar-refractivity contribution >= 4 is 19.8 Å². The first-order valence-electron chi connectivity index (χ1n) is 19.9. The molecule has 0 aromatic rings. The monoisotopic (exact) mass is 778 g/mol. The van der Waals surface area contributed by atoms with Gasteiger partial charge in [0.1, 0.15) is 12.7 Å². The van der Waals surface area contributed by atoms with Crippen LogP contribution in [0.5, 0.6) is 0 Å². The van der Waals surface area contributed by atoms with Gasteiger partial charge >= 0.3 is 19.8 Å². The fraction of sp³-hybridized carbons (Fsp3) is 0.846. The van der Waals surface area contributed by atoms with E-state index in [9.17, 15) is 39.5 Å². The largest absolute Gasteiger partial charge is 0.472 e. The summed E-state index contributed by atoms with van der Waals surface area (Å²) in [5.74, 6) is -1.08. The molecule has 53 heavy (non-hydrogen) atoms. The Kier molecular flexibility index (Phi) is 27.6. The molecule has 310 valence electrons. The maximum atomic E-state index is 12.6. The Bertz CT molecular complexity index is 1070. The average molecular weight is 779 g/mol. The van der Waals surface area contributed by atoms with E-state index in [0.717, 1.165) is 50.9 Å². The van der Waals surface area contributed by atoms with Crippen molar-refractivity contribution in [3.63, 3.8) is 0 Å². The number of esters is 2. The first kappa shape index (κ1) is 49.3. The molecule has 0 aromatic heterocycles. The van der Waals surface area contributed by atoms with Crippen molar-refractivity contribution in [3.8, 4) is 0 Å². The SMILES string of the molecule is CCCCC[C@@H](O)/C=C/[C@@H]1[C@H](C/C=C\CC(=O)OC[C@H](COP(=O)(O)OC[C@@H](O)CO)OC(=O)CCCCCCCCCCC(C)CC)[C@@H](O)C[C@H]1O. The number of aliphatic hydroxyl groups excluding tert-OH is 5. The van der Waals surface area contributed by atoms with Crippen LogP contribution in [0.4, 0.5) is 0 Å². The van der Waals surface area contributed by atoms with Crippen molar-refractivity contribution in [2.45, 2.75) is 167 Å². The first-order chi connectivity index (χ1) is 25.3. The van der Waals surface area contributed by atoms with Gasteiger partial charge in [0.05, 0.1) is 44.6 Å². The van der Waals surface area contributed by atoms with E-state index in [2.05, 4.69) is 25.3 Å². The molecule has 0 radical (unpaired) electrons. The van der Waals surface area contributed by atoms with Gasteiger partial charge in [0, 0.05) is 18.8 Å². The van der Waals surface area contributed by atoms with Crippen LogP contribution < -0.4 is 0 Å². The second-order valence-electron chi connectivity index (χ2n) is 14.5. The maximum absolute atomic E-state index is 12.6. The van der Waals surface area contributed by atoms with E-state index in [1.807, 2.05) is 0 Å². The second-order valence-corrected chi connectivity index (χ2v) is 16.0. The summed E-state index contributed by atoms with van der Waals surface area (Å²) in [5.41, 5.74) is 0. The zero-order chi connectivity index (χ0) is 39.5. The minimum atomic E-state index is -4.69. The molecule has 9 atom stereocenters. The highest BCUT2D eigenvalue weighted by molar-refractivity contribution is 7.47. The highest BCUT2D eigenvalue weighted by atomic mass is 31.2. The number of unbranched alkanes of at least 4 members (excludes halogenated alkanes) is 9. The molecule has 1 aliphatic carbocycles. The molecule has 0 aromatic carbocycles. The molecule has 0 heterocycles. The van der Waals surface area contributed by atoms with Gasteiger partial charge < -0.3 is 39.9 Å². The van der Waals surface area contributed by atoms with E-state index in [1.54, 1.807) is 24.3 Å². The molecular formula is C39H71O13P. The van der Waals surface area contributed by atoms with Crippen molar-refractivity contribution in [3.05, 3.63) is 24.3 Å². The fourth-order valence-corrected chi connectivity index (χ4v) is 6.97. The van der Waals surface area contributed by atoms with Crippen molar-refractivity contribution in [1.82, 2.24) is 0 Å². The number of aliphatic hydroxyl groups is 5. The lowest BCUT2D eigenvalue weighted by atomic mass is 9.89. The van der Waals surface area contributed by atoms with Gasteiger partial charge in [0.25, 0.3) is 0 Å². The molecule has 14 heteroatoms. The van der Waals surface area contributed by atoms with Crippen LogP contribution in [-0.2, 0) is 32.7 Å². The van der Waals surface area contributed by atoms with E-state index < -0.39 is 76.7 Å². The van der Waals surface area contributed by atoms with Crippen LogP contribution in [-0.4, -0.2) is 99.3 Å². The van der Waals surface area contributed by atoms with Gasteiger partial charge in [-0.25, -0.2) is 4.57 Å². The van der Waals surface area contributed by atoms with E-state index in [1.165, 1.54) is 32.1 Å². The summed E-state index contributed by atoms with van der Waals surface area (Å²) in [6, 6.07) is 0. The third-order valence-electron chi connectivity index (χ3n) is 9.75. The van der Waals surface area contributed by atoms with Gasteiger partial charge in [0.2, 0.25) is 0 Å². The first-order valence-corrected chi connectivity index (χ1v) is 21.4. The summed E-state index contributed by atoms with van der Waals surface area (Å²) in [7, 11) is -4.69. The lowest BCUT2D eigenvalue weighted by Crippen LogP contribution is -2.29. The molecule has 6 N–H and O–H groups in total. The molecule has 13 nitrogen and oxygen atoms in total. The third kappa shape index (κ3) is 24.5. The molecule has 0 saturated heterocycles. The van der Waals surface area contributed by atoms with Gasteiger partial charge in [-0.1, -0.05) is 122 Å². The molecule has 1 fully saturated rings. The van der Waals surface area contributed by atoms with E-state index in [0.29, 0.717) is 19.3 Å². The Morgan fingerprint density at radius 2 is 1.47 bits per heavy atom. The summed E-state index contributed by atoms with van der Waals surface area (Å²) in [6.45, 7) is 4.17. The normalized spacial score (nSPS) is 22.5. The number of hydrogen-bond donors (Lipinski definition) is 6. The van der Waals surface area contributed by atoms with E-state index in [4.69, 9.17) is 19.1 Å². The van der Waals surface area contributed by atoms with Gasteiger partial charge in [0.15, 0.2) is 6.10 Å². The van der Waals surface area contributed by atoms with Crippen LogP contribution in [0.15, 0.2) is 24.3 Å². The molecule has 1 aliphatic rings. The average Bonchev–Trinajstić information content (AvgIpc) is 3.40. The van der Waals surface area contributed by atoms with Gasteiger partial charge in [-0.05, 0) is 31.1 Å². The number of phosphoric ester groups is 1. The number of carbonyl (C=O) groups is 2. The summed E-state index contributed by atoms with van der Waals surface area (Å²) in [4.78, 5) is 35.1. The van der Waals surface area contributed by atoms with E-state index >= 15 is 0 Å². The predicted octanol–water partition coefficient (Wildman–Crippen LogP) is 6.07. The fourth-order valence-electron chi connectivity index (χ4n) is 6.18. The Morgan fingerprint density at radius 3 is 2.13 bits per heavy atom. The molecule has 1 rings (SSSR count). The summed E-state index contributed by atoms with van der Waals surface area (Å²) >= 11 is 0. The van der Waals surface area contributed by atoms with Crippen molar-refractivity contribution in [1.29, 1.82) is 0 Å². The Morgan fingerprint density at radius 1 is 0.830 bits per heavy atom. The van der Waals surface area contributed by atoms with Gasteiger partial charge in [-0.3, -0.25) is 18.6 Å². The molecule has 0 amide bonds. The Hall–Kier alpha value is -1.67. The molecular weight excluding hydrogens is 707 g/mol. The third-order valence-corrected chi connectivity index (χ3v) is 10.7. The molecule has 2 unspecified atom stereocenters.